The Morgan fingerprint density at radius 2 is 1.88 bits per heavy atom. The molecule has 0 saturated heterocycles. The van der Waals surface area contributed by atoms with Crippen LogP contribution in [0.3, 0.4) is 0 Å². The van der Waals surface area contributed by atoms with Crippen molar-refractivity contribution < 1.29 is 27.8 Å². The SMILES string of the molecule is COC(=O)C(O)c1ccc(SC(F)(F)F)cc1. The second kappa shape index (κ2) is 5.42. The summed E-state index contributed by atoms with van der Waals surface area (Å²) in [6.45, 7) is 0. The van der Waals surface area contributed by atoms with Gasteiger partial charge in [-0.05, 0) is 29.5 Å². The van der Waals surface area contributed by atoms with E-state index in [0.29, 0.717) is 0 Å². The summed E-state index contributed by atoms with van der Waals surface area (Å²) in [7, 11) is 1.11. The molecule has 0 aromatic heterocycles. The molecule has 1 unspecified atom stereocenters. The molecule has 7 heteroatoms. The van der Waals surface area contributed by atoms with Gasteiger partial charge in [0.2, 0.25) is 0 Å². The van der Waals surface area contributed by atoms with Gasteiger partial charge in [0.1, 0.15) is 0 Å². The van der Waals surface area contributed by atoms with Gasteiger partial charge in [0.25, 0.3) is 0 Å². The Hall–Kier alpha value is -1.21. The highest BCUT2D eigenvalue weighted by atomic mass is 32.2. The van der Waals surface area contributed by atoms with Crippen molar-refractivity contribution in [3.63, 3.8) is 0 Å². The third-order valence-electron chi connectivity index (χ3n) is 1.85. The molecule has 1 N–H and O–H groups in total. The molecular weight excluding hydrogens is 257 g/mol. The lowest BCUT2D eigenvalue weighted by Gasteiger charge is -2.10. The summed E-state index contributed by atoms with van der Waals surface area (Å²) in [4.78, 5) is 11.0. The molecule has 94 valence electrons. The largest absolute Gasteiger partial charge is 0.467 e. The van der Waals surface area contributed by atoms with Crippen molar-refractivity contribution in [1.29, 1.82) is 0 Å². The molecule has 0 heterocycles. The molecule has 17 heavy (non-hydrogen) atoms. The molecule has 1 atom stereocenters. The van der Waals surface area contributed by atoms with Gasteiger partial charge in [0.15, 0.2) is 6.10 Å². The minimum Gasteiger partial charge on any atom is -0.467 e. The number of ether oxygens (including phenoxy) is 1. The third kappa shape index (κ3) is 4.27. The number of rotatable bonds is 3. The van der Waals surface area contributed by atoms with Gasteiger partial charge in [0.05, 0.1) is 7.11 Å². The first-order valence-corrected chi connectivity index (χ1v) is 5.27. The number of thioether (sulfide) groups is 1. The topological polar surface area (TPSA) is 46.5 Å². The van der Waals surface area contributed by atoms with Crippen molar-refractivity contribution in [2.24, 2.45) is 0 Å². The Balaban J connectivity index is 2.78. The van der Waals surface area contributed by atoms with Crippen LogP contribution in [0, 0.1) is 0 Å². The van der Waals surface area contributed by atoms with Gasteiger partial charge in [-0.15, -0.1) is 0 Å². The summed E-state index contributed by atoms with van der Waals surface area (Å²) >= 11 is -0.262. The van der Waals surface area contributed by atoms with Gasteiger partial charge in [-0.1, -0.05) is 12.1 Å². The smallest absolute Gasteiger partial charge is 0.446 e. The summed E-state index contributed by atoms with van der Waals surface area (Å²) in [5.41, 5.74) is -4.17. The summed E-state index contributed by atoms with van der Waals surface area (Å²) in [6.07, 6.45) is -1.48. The molecular formula is C10H9F3O3S. The molecule has 0 saturated carbocycles. The van der Waals surface area contributed by atoms with E-state index in [9.17, 15) is 23.1 Å². The first-order chi connectivity index (χ1) is 7.83. The number of aliphatic hydroxyl groups is 1. The number of esters is 1. The minimum atomic E-state index is -4.36. The zero-order valence-electron chi connectivity index (χ0n) is 8.69. The van der Waals surface area contributed by atoms with Crippen LogP contribution in [0.1, 0.15) is 11.7 Å². The van der Waals surface area contributed by atoms with Gasteiger partial charge in [-0.2, -0.15) is 13.2 Å². The van der Waals surface area contributed by atoms with E-state index in [-0.39, 0.29) is 22.2 Å². The average molecular weight is 266 g/mol. The maximum Gasteiger partial charge on any atom is 0.446 e. The molecule has 1 aromatic carbocycles. The van der Waals surface area contributed by atoms with Crippen LogP contribution in [0.4, 0.5) is 13.2 Å². The van der Waals surface area contributed by atoms with E-state index in [1.807, 2.05) is 0 Å². The molecule has 0 bridgehead atoms. The van der Waals surface area contributed by atoms with Crippen LogP contribution in [0.5, 0.6) is 0 Å². The van der Waals surface area contributed by atoms with Gasteiger partial charge in [-0.3, -0.25) is 0 Å². The van der Waals surface area contributed by atoms with Gasteiger partial charge < -0.3 is 9.84 Å². The maximum atomic E-state index is 12.0. The molecule has 1 rings (SSSR count). The Morgan fingerprint density at radius 3 is 2.29 bits per heavy atom. The van der Waals surface area contributed by atoms with Crippen molar-refractivity contribution in [3.05, 3.63) is 29.8 Å². The number of alkyl halides is 3. The standard InChI is InChI=1S/C10H9F3O3S/c1-16-9(15)8(14)6-2-4-7(5-3-6)17-10(11,12)13/h2-5,8,14H,1H3. The zero-order chi connectivity index (χ0) is 13.1. The molecule has 0 aliphatic rings. The highest BCUT2D eigenvalue weighted by molar-refractivity contribution is 8.00. The number of methoxy groups -OCH3 is 1. The normalized spacial score (nSPS) is 13.2. The summed E-state index contributed by atoms with van der Waals surface area (Å²) in [6, 6.07) is 4.85. The molecule has 0 fully saturated rings. The van der Waals surface area contributed by atoms with Crippen LogP contribution in [0.2, 0.25) is 0 Å². The number of carbonyl (C=O) groups is 1. The van der Waals surface area contributed by atoms with E-state index in [0.717, 1.165) is 7.11 Å². The van der Waals surface area contributed by atoms with Crippen molar-refractivity contribution in [3.8, 4) is 0 Å². The van der Waals surface area contributed by atoms with Crippen LogP contribution in [0.15, 0.2) is 29.2 Å². The molecule has 3 nitrogen and oxygen atoms in total. The number of hydrogen-bond acceptors (Lipinski definition) is 4. The van der Waals surface area contributed by atoms with Crippen molar-refractivity contribution in [2.45, 2.75) is 16.5 Å². The second-order valence-electron chi connectivity index (χ2n) is 3.04. The van der Waals surface area contributed by atoms with E-state index in [1.54, 1.807) is 0 Å². The molecule has 1 aromatic rings. The second-order valence-corrected chi connectivity index (χ2v) is 4.18. The third-order valence-corrected chi connectivity index (χ3v) is 2.59. The van der Waals surface area contributed by atoms with Crippen LogP contribution in [0.25, 0.3) is 0 Å². The van der Waals surface area contributed by atoms with Crippen LogP contribution < -0.4 is 0 Å². The Kier molecular flexibility index (Phi) is 4.41. The van der Waals surface area contributed by atoms with Crippen molar-refractivity contribution in [2.75, 3.05) is 7.11 Å². The Bertz CT molecular complexity index is 389. The first kappa shape index (κ1) is 13.9. The summed E-state index contributed by atoms with van der Waals surface area (Å²) in [5.74, 6) is -0.860. The summed E-state index contributed by atoms with van der Waals surface area (Å²) in [5, 5.41) is 9.41. The highest BCUT2D eigenvalue weighted by Gasteiger charge is 2.29. The Morgan fingerprint density at radius 1 is 1.35 bits per heavy atom. The fourth-order valence-corrected chi connectivity index (χ4v) is 1.64. The minimum absolute atomic E-state index is 0.0154. The van der Waals surface area contributed by atoms with Gasteiger partial charge in [-0.25, -0.2) is 4.79 Å². The van der Waals surface area contributed by atoms with Crippen LogP contribution in [-0.4, -0.2) is 23.7 Å². The Labute approximate surface area is 99.6 Å². The van der Waals surface area contributed by atoms with E-state index in [2.05, 4.69) is 4.74 Å². The fraction of sp³-hybridized carbons (Fsp3) is 0.300. The lowest BCUT2D eigenvalue weighted by atomic mass is 10.1. The predicted molar refractivity (Wildman–Crippen MR) is 55.3 cm³/mol. The van der Waals surface area contributed by atoms with Gasteiger partial charge in [0, 0.05) is 4.90 Å². The van der Waals surface area contributed by atoms with Crippen molar-refractivity contribution in [1.82, 2.24) is 0 Å². The molecule has 0 spiro atoms. The highest BCUT2D eigenvalue weighted by Crippen LogP contribution is 2.37. The summed E-state index contributed by atoms with van der Waals surface area (Å²) < 4.78 is 40.4. The number of carbonyl (C=O) groups excluding carboxylic acids is 1. The number of halogens is 3. The van der Waals surface area contributed by atoms with Gasteiger partial charge >= 0.3 is 11.5 Å². The average Bonchev–Trinajstić information content (AvgIpc) is 2.26. The van der Waals surface area contributed by atoms with E-state index in [4.69, 9.17) is 0 Å². The predicted octanol–water partition coefficient (Wildman–Crippen LogP) is 2.50. The lowest BCUT2D eigenvalue weighted by Crippen LogP contribution is -2.13. The van der Waals surface area contributed by atoms with E-state index >= 15 is 0 Å². The maximum absolute atomic E-state index is 12.0. The van der Waals surface area contributed by atoms with E-state index < -0.39 is 17.6 Å². The first-order valence-electron chi connectivity index (χ1n) is 4.45. The number of aliphatic hydroxyl groups excluding tert-OH is 1. The van der Waals surface area contributed by atoms with Crippen molar-refractivity contribution >= 4 is 17.7 Å². The van der Waals surface area contributed by atoms with Crippen LogP contribution >= 0.6 is 11.8 Å². The molecule has 0 amide bonds. The quantitative estimate of drug-likeness (QED) is 0.674. The van der Waals surface area contributed by atoms with E-state index in [1.165, 1.54) is 24.3 Å². The van der Waals surface area contributed by atoms with Crippen LogP contribution in [-0.2, 0) is 9.53 Å². The molecule has 0 aliphatic heterocycles. The molecule has 0 radical (unpaired) electrons. The number of hydrogen-bond donors (Lipinski definition) is 1. The fourth-order valence-electron chi connectivity index (χ4n) is 1.10. The number of benzene rings is 1. The lowest BCUT2D eigenvalue weighted by molar-refractivity contribution is -0.150. The molecule has 0 aliphatic carbocycles. The zero-order valence-corrected chi connectivity index (χ0v) is 9.51. The monoisotopic (exact) mass is 266 g/mol.